The summed E-state index contributed by atoms with van der Waals surface area (Å²) < 4.78 is 26.8. The van der Waals surface area contributed by atoms with Gasteiger partial charge in [-0.15, -0.1) is 0 Å². The summed E-state index contributed by atoms with van der Waals surface area (Å²) in [6.45, 7) is 1.71. The predicted octanol–water partition coefficient (Wildman–Crippen LogP) is 1.82. The second-order valence-electron chi connectivity index (χ2n) is 4.58. The zero-order valence-corrected chi connectivity index (χ0v) is 12.7. The van der Waals surface area contributed by atoms with Crippen molar-refractivity contribution in [1.29, 1.82) is 0 Å². The van der Waals surface area contributed by atoms with Crippen LogP contribution in [0.1, 0.15) is 6.42 Å². The van der Waals surface area contributed by atoms with E-state index in [-0.39, 0.29) is 11.7 Å². The van der Waals surface area contributed by atoms with E-state index in [4.69, 9.17) is 0 Å². The summed E-state index contributed by atoms with van der Waals surface area (Å²) in [6.07, 6.45) is 0.936. The van der Waals surface area contributed by atoms with Crippen molar-refractivity contribution in [3.63, 3.8) is 0 Å². The molecule has 18 heavy (non-hydrogen) atoms. The van der Waals surface area contributed by atoms with Gasteiger partial charge in [0, 0.05) is 11.5 Å². The maximum absolute atomic E-state index is 12.3. The maximum Gasteiger partial charge on any atom is 0.235 e. The average Bonchev–Trinajstić information content (AvgIpc) is 2.80. The summed E-state index contributed by atoms with van der Waals surface area (Å²) in [5, 5.41) is 3.19. The first-order valence-electron chi connectivity index (χ1n) is 5.92. The average molecular weight is 333 g/mol. The Bertz CT molecular complexity index is 513. The topological polar surface area (TPSA) is 49.4 Å². The Balaban J connectivity index is 2.13. The molecular formula is C12H17BrN2O2S. The molecule has 1 heterocycles. The molecular weight excluding hydrogens is 316 g/mol. The first kappa shape index (κ1) is 13.8. The van der Waals surface area contributed by atoms with Crippen molar-refractivity contribution >= 4 is 31.6 Å². The van der Waals surface area contributed by atoms with Gasteiger partial charge < -0.3 is 5.32 Å². The van der Waals surface area contributed by atoms with Crippen molar-refractivity contribution < 1.29 is 8.42 Å². The van der Waals surface area contributed by atoms with Gasteiger partial charge in [0.15, 0.2) is 0 Å². The van der Waals surface area contributed by atoms with Crippen LogP contribution in [-0.2, 0) is 10.0 Å². The lowest BCUT2D eigenvalue weighted by molar-refractivity contribution is 0.569. The normalized spacial score (nSPS) is 20.0. The van der Waals surface area contributed by atoms with Crippen molar-refractivity contribution in [3.8, 4) is 0 Å². The van der Waals surface area contributed by atoms with Crippen molar-refractivity contribution in [1.82, 2.24) is 5.32 Å². The molecule has 1 N–H and O–H groups in total. The van der Waals surface area contributed by atoms with E-state index in [1.54, 1.807) is 13.1 Å². The molecule has 1 atom stereocenters. The summed E-state index contributed by atoms with van der Waals surface area (Å²) in [6, 6.07) is 7.33. The van der Waals surface area contributed by atoms with Gasteiger partial charge in [-0.2, -0.15) is 0 Å². The first-order valence-corrected chi connectivity index (χ1v) is 8.32. The zero-order valence-electron chi connectivity index (χ0n) is 10.3. The zero-order chi connectivity index (χ0) is 13.2. The minimum atomic E-state index is -3.24. The van der Waals surface area contributed by atoms with Crippen LogP contribution in [0.4, 0.5) is 5.69 Å². The minimum absolute atomic E-state index is 0.211. The Morgan fingerprint density at radius 3 is 2.89 bits per heavy atom. The van der Waals surface area contributed by atoms with E-state index >= 15 is 0 Å². The Morgan fingerprint density at radius 2 is 2.28 bits per heavy atom. The molecule has 0 saturated carbocycles. The predicted molar refractivity (Wildman–Crippen MR) is 77.3 cm³/mol. The van der Waals surface area contributed by atoms with Gasteiger partial charge in [-0.05, 0) is 43.6 Å². The Labute approximate surface area is 117 Å². The molecule has 0 bridgehead atoms. The van der Waals surface area contributed by atoms with E-state index in [1.807, 2.05) is 18.2 Å². The number of hydrogen-bond acceptors (Lipinski definition) is 3. The van der Waals surface area contributed by atoms with Crippen molar-refractivity contribution in [2.24, 2.45) is 5.92 Å². The van der Waals surface area contributed by atoms with Crippen LogP contribution in [0.3, 0.4) is 0 Å². The molecule has 0 aliphatic carbocycles. The summed E-state index contributed by atoms with van der Waals surface area (Å²) >= 11 is 3.35. The molecule has 0 radical (unpaired) electrons. The molecule has 1 saturated heterocycles. The van der Waals surface area contributed by atoms with Crippen LogP contribution >= 0.6 is 15.9 Å². The number of halogens is 1. The van der Waals surface area contributed by atoms with Gasteiger partial charge in [0.1, 0.15) is 0 Å². The van der Waals surface area contributed by atoms with E-state index in [0.29, 0.717) is 5.69 Å². The highest BCUT2D eigenvalue weighted by Gasteiger charge is 2.25. The van der Waals surface area contributed by atoms with Crippen LogP contribution < -0.4 is 9.62 Å². The highest BCUT2D eigenvalue weighted by molar-refractivity contribution is 9.10. The Kier molecular flexibility index (Phi) is 4.29. The molecule has 0 amide bonds. The van der Waals surface area contributed by atoms with Crippen LogP contribution in [0.2, 0.25) is 0 Å². The molecule has 100 valence electrons. The number of nitrogens with one attached hydrogen (secondary N) is 1. The third kappa shape index (κ3) is 3.24. The number of rotatable bonds is 4. The largest absolute Gasteiger partial charge is 0.316 e. The molecule has 1 aromatic rings. The summed E-state index contributed by atoms with van der Waals surface area (Å²) in [5.74, 6) is 0.438. The van der Waals surface area contributed by atoms with Crippen LogP contribution in [0.5, 0.6) is 0 Å². The van der Waals surface area contributed by atoms with E-state index in [9.17, 15) is 8.42 Å². The lowest BCUT2D eigenvalue weighted by Crippen LogP contribution is -2.32. The van der Waals surface area contributed by atoms with Gasteiger partial charge in [0.25, 0.3) is 0 Å². The van der Waals surface area contributed by atoms with Gasteiger partial charge in [-0.1, -0.05) is 22.0 Å². The third-order valence-corrected chi connectivity index (χ3v) is 5.63. The summed E-state index contributed by atoms with van der Waals surface area (Å²) in [4.78, 5) is 0. The first-order chi connectivity index (χ1) is 8.49. The fraction of sp³-hybridized carbons (Fsp3) is 0.500. The van der Waals surface area contributed by atoms with E-state index in [2.05, 4.69) is 21.2 Å². The number of nitrogens with zero attached hydrogens (tertiary/aromatic N) is 1. The van der Waals surface area contributed by atoms with Crippen LogP contribution in [-0.4, -0.2) is 34.3 Å². The van der Waals surface area contributed by atoms with Crippen LogP contribution in [0.25, 0.3) is 0 Å². The SMILES string of the molecule is CN(c1cccc(Br)c1)S(=O)(=O)CC1CCNC1. The van der Waals surface area contributed by atoms with Gasteiger partial charge >= 0.3 is 0 Å². The number of sulfonamides is 1. The van der Waals surface area contributed by atoms with Gasteiger partial charge in [0.05, 0.1) is 11.4 Å². The van der Waals surface area contributed by atoms with Gasteiger partial charge in [0.2, 0.25) is 10.0 Å². The molecule has 2 rings (SSSR count). The summed E-state index contributed by atoms with van der Waals surface area (Å²) in [7, 11) is -1.63. The van der Waals surface area contributed by atoms with E-state index < -0.39 is 10.0 Å². The number of hydrogen-bond donors (Lipinski definition) is 1. The monoisotopic (exact) mass is 332 g/mol. The minimum Gasteiger partial charge on any atom is -0.316 e. The second-order valence-corrected chi connectivity index (χ2v) is 7.55. The highest BCUT2D eigenvalue weighted by Crippen LogP contribution is 2.23. The molecule has 4 nitrogen and oxygen atoms in total. The molecule has 1 aromatic carbocycles. The number of benzene rings is 1. The second kappa shape index (κ2) is 5.59. The quantitative estimate of drug-likeness (QED) is 0.915. The van der Waals surface area contributed by atoms with Crippen molar-refractivity contribution in [2.75, 3.05) is 30.2 Å². The molecule has 1 aliphatic rings. The summed E-state index contributed by atoms with van der Waals surface area (Å²) in [5.41, 5.74) is 0.690. The molecule has 6 heteroatoms. The van der Waals surface area contributed by atoms with Crippen LogP contribution in [0, 0.1) is 5.92 Å². The lowest BCUT2D eigenvalue weighted by Gasteiger charge is -2.21. The van der Waals surface area contributed by atoms with Crippen LogP contribution in [0.15, 0.2) is 28.7 Å². The Morgan fingerprint density at radius 1 is 1.50 bits per heavy atom. The Hall–Kier alpha value is -0.590. The van der Waals surface area contributed by atoms with Gasteiger partial charge in [-0.25, -0.2) is 8.42 Å². The lowest BCUT2D eigenvalue weighted by atomic mass is 10.2. The molecule has 1 unspecified atom stereocenters. The van der Waals surface area contributed by atoms with Crippen molar-refractivity contribution in [2.45, 2.75) is 6.42 Å². The smallest absolute Gasteiger partial charge is 0.235 e. The number of anilines is 1. The molecule has 0 spiro atoms. The fourth-order valence-electron chi connectivity index (χ4n) is 2.10. The molecule has 1 aliphatic heterocycles. The highest BCUT2D eigenvalue weighted by atomic mass is 79.9. The molecule has 0 aromatic heterocycles. The maximum atomic E-state index is 12.3. The van der Waals surface area contributed by atoms with Crippen molar-refractivity contribution in [3.05, 3.63) is 28.7 Å². The fourth-order valence-corrected chi connectivity index (χ4v) is 4.02. The standard InChI is InChI=1S/C12H17BrN2O2S/c1-15(12-4-2-3-11(13)7-12)18(16,17)9-10-5-6-14-8-10/h2-4,7,10,14H,5-6,8-9H2,1H3. The molecule has 1 fully saturated rings. The van der Waals surface area contributed by atoms with Gasteiger partial charge in [-0.3, -0.25) is 4.31 Å². The third-order valence-electron chi connectivity index (χ3n) is 3.20. The van der Waals surface area contributed by atoms with E-state index in [1.165, 1.54) is 4.31 Å². The van der Waals surface area contributed by atoms with E-state index in [0.717, 1.165) is 24.0 Å².